The minimum atomic E-state index is 0.156. The lowest BCUT2D eigenvalue weighted by molar-refractivity contribution is 0.0983. The summed E-state index contributed by atoms with van der Waals surface area (Å²) < 4.78 is 0. The van der Waals surface area contributed by atoms with Crippen LogP contribution in [0.5, 0.6) is 5.75 Å². The number of phenols is 1. The minimum absolute atomic E-state index is 0.156. The van der Waals surface area contributed by atoms with Crippen LogP contribution in [0.3, 0.4) is 0 Å². The van der Waals surface area contributed by atoms with Crippen molar-refractivity contribution in [3.05, 3.63) is 65.2 Å². The molecule has 0 atom stereocenters. The lowest BCUT2D eigenvalue weighted by Crippen LogP contribution is -2.01. The van der Waals surface area contributed by atoms with Gasteiger partial charge in [0.25, 0.3) is 0 Å². The maximum atomic E-state index is 11.9. The Morgan fingerprint density at radius 1 is 1.00 bits per heavy atom. The van der Waals surface area contributed by atoms with Gasteiger partial charge in [-0.25, -0.2) is 0 Å². The maximum absolute atomic E-state index is 11.9. The fraction of sp³-hybridized carbons (Fsp3) is 0.188. The van der Waals surface area contributed by atoms with E-state index >= 15 is 0 Å². The Balaban J connectivity index is 1.96. The van der Waals surface area contributed by atoms with Crippen LogP contribution in [-0.2, 0) is 6.42 Å². The highest BCUT2D eigenvalue weighted by molar-refractivity contribution is 5.96. The first-order chi connectivity index (χ1) is 8.65. The number of rotatable bonds is 4. The Morgan fingerprint density at radius 3 is 2.22 bits per heavy atom. The van der Waals surface area contributed by atoms with Crippen LogP contribution in [0.2, 0.25) is 0 Å². The average Bonchev–Trinajstić information content (AvgIpc) is 2.38. The monoisotopic (exact) mass is 240 g/mol. The highest BCUT2D eigenvalue weighted by Crippen LogP contribution is 2.13. The molecule has 2 aromatic carbocycles. The average molecular weight is 240 g/mol. The highest BCUT2D eigenvalue weighted by atomic mass is 16.3. The van der Waals surface area contributed by atoms with Gasteiger partial charge >= 0.3 is 0 Å². The second-order valence-corrected chi connectivity index (χ2v) is 4.46. The largest absolute Gasteiger partial charge is 0.508 e. The maximum Gasteiger partial charge on any atom is 0.163 e. The van der Waals surface area contributed by atoms with E-state index in [0.29, 0.717) is 12.8 Å². The smallest absolute Gasteiger partial charge is 0.163 e. The van der Waals surface area contributed by atoms with Crippen molar-refractivity contribution in [2.45, 2.75) is 19.8 Å². The summed E-state index contributed by atoms with van der Waals surface area (Å²) in [5, 5.41) is 9.17. The summed E-state index contributed by atoms with van der Waals surface area (Å²) in [6.07, 6.45) is 1.20. The van der Waals surface area contributed by atoms with E-state index in [1.54, 1.807) is 12.1 Å². The number of carbonyl (C=O) groups is 1. The number of aryl methyl sites for hydroxylation is 2. The van der Waals surface area contributed by atoms with Gasteiger partial charge in [0.05, 0.1) is 0 Å². The molecule has 92 valence electrons. The molecule has 18 heavy (non-hydrogen) atoms. The van der Waals surface area contributed by atoms with E-state index in [2.05, 4.69) is 0 Å². The van der Waals surface area contributed by atoms with Gasteiger partial charge in [-0.3, -0.25) is 4.79 Å². The number of aromatic hydroxyl groups is 1. The summed E-state index contributed by atoms with van der Waals surface area (Å²) in [6, 6.07) is 14.6. The van der Waals surface area contributed by atoms with Crippen molar-refractivity contribution in [3.63, 3.8) is 0 Å². The van der Waals surface area contributed by atoms with Gasteiger partial charge in [0.1, 0.15) is 5.75 Å². The van der Waals surface area contributed by atoms with E-state index in [1.807, 2.05) is 43.3 Å². The third-order valence-electron chi connectivity index (χ3n) is 2.95. The van der Waals surface area contributed by atoms with Crippen molar-refractivity contribution in [2.24, 2.45) is 0 Å². The number of carbonyl (C=O) groups excluding carboxylic acids is 1. The molecule has 0 heterocycles. The number of phenolic OH excluding ortho intramolecular Hbond substituents is 1. The first kappa shape index (κ1) is 12.4. The number of ketones is 1. The molecule has 2 nitrogen and oxygen atoms in total. The number of hydrogen-bond acceptors (Lipinski definition) is 2. The quantitative estimate of drug-likeness (QED) is 0.830. The van der Waals surface area contributed by atoms with E-state index in [9.17, 15) is 9.90 Å². The van der Waals surface area contributed by atoms with Gasteiger partial charge < -0.3 is 5.11 Å². The molecule has 0 saturated carbocycles. The Labute approximate surface area is 107 Å². The van der Waals surface area contributed by atoms with Gasteiger partial charge in [0, 0.05) is 12.0 Å². The summed E-state index contributed by atoms with van der Waals surface area (Å²) in [5.41, 5.74) is 2.98. The second kappa shape index (κ2) is 5.50. The molecular weight excluding hydrogens is 224 g/mol. The van der Waals surface area contributed by atoms with Crippen molar-refractivity contribution >= 4 is 5.78 Å². The standard InChI is InChI=1S/C16H16O2/c1-12-2-7-14(8-3-12)16(18)11-6-13-4-9-15(17)10-5-13/h2-5,7-10,17H,6,11H2,1H3. The molecule has 2 rings (SSSR count). The molecule has 0 unspecified atom stereocenters. The van der Waals surface area contributed by atoms with Crippen LogP contribution in [0.4, 0.5) is 0 Å². The summed E-state index contributed by atoms with van der Waals surface area (Å²) in [5.74, 6) is 0.409. The molecule has 2 heteroatoms. The molecular formula is C16H16O2. The van der Waals surface area contributed by atoms with Crippen molar-refractivity contribution in [1.29, 1.82) is 0 Å². The molecule has 0 bridgehead atoms. The predicted molar refractivity (Wildman–Crippen MR) is 71.9 cm³/mol. The first-order valence-electron chi connectivity index (χ1n) is 6.03. The summed E-state index contributed by atoms with van der Waals surface area (Å²) in [6.45, 7) is 2.00. The normalized spacial score (nSPS) is 10.3. The fourth-order valence-electron chi connectivity index (χ4n) is 1.80. The molecule has 0 fully saturated rings. The van der Waals surface area contributed by atoms with Crippen LogP contribution in [0.15, 0.2) is 48.5 Å². The molecule has 0 amide bonds. The van der Waals surface area contributed by atoms with E-state index in [0.717, 1.165) is 16.7 Å². The lowest BCUT2D eigenvalue weighted by atomic mass is 10.0. The molecule has 0 saturated heterocycles. The van der Waals surface area contributed by atoms with E-state index in [-0.39, 0.29) is 11.5 Å². The minimum Gasteiger partial charge on any atom is -0.508 e. The Bertz CT molecular complexity index is 524. The van der Waals surface area contributed by atoms with Gasteiger partial charge in [-0.2, -0.15) is 0 Å². The van der Waals surface area contributed by atoms with Crippen LogP contribution in [-0.4, -0.2) is 10.9 Å². The summed E-state index contributed by atoms with van der Waals surface area (Å²) in [7, 11) is 0. The molecule has 2 aromatic rings. The molecule has 0 spiro atoms. The Kier molecular flexibility index (Phi) is 3.78. The zero-order valence-corrected chi connectivity index (χ0v) is 10.4. The molecule has 0 aliphatic heterocycles. The molecule has 0 radical (unpaired) electrons. The van der Waals surface area contributed by atoms with Crippen LogP contribution in [0, 0.1) is 6.92 Å². The van der Waals surface area contributed by atoms with Crippen molar-refractivity contribution in [2.75, 3.05) is 0 Å². The van der Waals surface area contributed by atoms with Gasteiger partial charge in [-0.1, -0.05) is 42.0 Å². The zero-order valence-electron chi connectivity index (χ0n) is 10.4. The first-order valence-corrected chi connectivity index (χ1v) is 6.03. The fourth-order valence-corrected chi connectivity index (χ4v) is 1.80. The van der Waals surface area contributed by atoms with Gasteiger partial charge in [-0.05, 0) is 31.0 Å². The molecule has 0 aromatic heterocycles. The third kappa shape index (κ3) is 3.20. The predicted octanol–water partition coefficient (Wildman–Crippen LogP) is 3.52. The SMILES string of the molecule is Cc1ccc(C(=O)CCc2ccc(O)cc2)cc1. The Morgan fingerprint density at radius 2 is 1.61 bits per heavy atom. The molecule has 0 aliphatic rings. The zero-order chi connectivity index (χ0) is 13.0. The van der Waals surface area contributed by atoms with Crippen molar-refractivity contribution in [3.8, 4) is 5.75 Å². The summed E-state index contributed by atoms with van der Waals surface area (Å²) >= 11 is 0. The van der Waals surface area contributed by atoms with Crippen LogP contribution >= 0.6 is 0 Å². The van der Waals surface area contributed by atoms with Crippen LogP contribution < -0.4 is 0 Å². The lowest BCUT2D eigenvalue weighted by Gasteiger charge is -2.02. The van der Waals surface area contributed by atoms with Crippen LogP contribution in [0.1, 0.15) is 27.9 Å². The second-order valence-electron chi connectivity index (χ2n) is 4.46. The summed E-state index contributed by atoms with van der Waals surface area (Å²) in [4.78, 5) is 11.9. The molecule has 1 N–H and O–H groups in total. The Hall–Kier alpha value is -2.09. The third-order valence-corrected chi connectivity index (χ3v) is 2.95. The molecule has 0 aliphatic carbocycles. The van der Waals surface area contributed by atoms with E-state index in [4.69, 9.17) is 0 Å². The van der Waals surface area contributed by atoms with E-state index < -0.39 is 0 Å². The number of benzene rings is 2. The topological polar surface area (TPSA) is 37.3 Å². The number of Topliss-reactive ketones (excluding diaryl/α,β-unsaturated/α-hetero) is 1. The van der Waals surface area contributed by atoms with Gasteiger partial charge in [0.2, 0.25) is 0 Å². The number of hydrogen-bond donors (Lipinski definition) is 1. The van der Waals surface area contributed by atoms with Crippen molar-refractivity contribution < 1.29 is 9.90 Å². The van der Waals surface area contributed by atoms with E-state index in [1.165, 1.54) is 0 Å². The highest BCUT2D eigenvalue weighted by Gasteiger charge is 2.05. The van der Waals surface area contributed by atoms with Crippen molar-refractivity contribution in [1.82, 2.24) is 0 Å². The van der Waals surface area contributed by atoms with Gasteiger partial charge in [0.15, 0.2) is 5.78 Å². The van der Waals surface area contributed by atoms with Gasteiger partial charge in [-0.15, -0.1) is 0 Å². The van der Waals surface area contributed by atoms with Crippen LogP contribution in [0.25, 0.3) is 0 Å².